The Balaban J connectivity index is 0.000000124. The minimum Gasteiger partial charge on any atom is -0.0885 e. The summed E-state index contributed by atoms with van der Waals surface area (Å²) in [6.45, 7) is 2.29. The van der Waals surface area contributed by atoms with Gasteiger partial charge in [0.25, 0.3) is 0 Å². The van der Waals surface area contributed by atoms with Crippen molar-refractivity contribution in [1.29, 1.82) is 0 Å². The van der Waals surface area contributed by atoms with Crippen LogP contribution in [0.5, 0.6) is 0 Å². The Morgan fingerprint density at radius 1 is 1.13 bits per heavy atom. The van der Waals surface area contributed by atoms with Gasteiger partial charge in [-0.1, -0.05) is 30.2 Å². The lowest BCUT2D eigenvalue weighted by molar-refractivity contribution is 0.557. The zero-order valence-electron chi connectivity index (χ0n) is 10.1. The molecule has 0 nitrogen and oxygen atoms in total. The first-order valence-electron chi connectivity index (χ1n) is 6.75. The number of hydrogen-bond donors (Lipinski definition) is 0. The van der Waals surface area contributed by atoms with Crippen LogP contribution in [0, 0.1) is 5.92 Å². The van der Waals surface area contributed by atoms with Gasteiger partial charge in [-0.2, -0.15) is 0 Å². The molecule has 0 saturated heterocycles. The molecule has 1 fully saturated rings. The second-order valence-corrected chi connectivity index (χ2v) is 5.13. The minimum atomic E-state index is 1.08. The largest absolute Gasteiger partial charge is 0.0885 e. The van der Waals surface area contributed by atoms with Crippen molar-refractivity contribution in [1.82, 2.24) is 0 Å². The standard InChI is InChI=1S/C9H14.C6H10/c1-2-8-5-7-3-4-9(8)6-7;1-2-4-6-5-3-1/h7H,2-6H2,1H3;1-2H,3-6H2. The summed E-state index contributed by atoms with van der Waals surface area (Å²) in [4.78, 5) is 0. The van der Waals surface area contributed by atoms with Crippen molar-refractivity contribution in [2.75, 3.05) is 0 Å². The van der Waals surface area contributed by atoms with Crippen molar-refractivity contribution in [3.05, 3.63) is 23.3 Å². The Morgan fingerprint density at radius 2 is 1.87 bits per heavy atom. The van der Waals surface area contributed by atoms with Gasteiger partial charge in [0.05, 0.1) is 0 Å². The van der Waals surface area contributed by atoms with Crippen molar-refractivity contribution in [2.45, 2.75) is 64.7 Å². The minimum absolute atomic E-state index is 1.08. The Labute approximate surface area is 94.5 Å². The average molecular weight is 204 g/mol. The van der Waals surface area contributed by atoms with Gasteiger partial charge in [-0.25, -0.2) is 0 Å². The summed E-state index contributed by atoms with van der Waals surface area (Å²) in [5.74, 6) is 1.08. The number of rotatable bonds is 1. The highest BCUT2D eigenvalue weighted by molar-refractivity contribution is 5.25. The first kappa shape index (κ1) is 11.0. The van der Waals surface area contributed by atoms with Crippen LogP contribution in [0.2, 0.25) is 0 Å². The lowest BCUT2D eigenvalue weighted by Gasteiger charge is -2.08. The Bertz CT molecular complexity index is 249. The molecule has 0 heterocycles. The van der Waals surface area contributed by atoms with E-state index in [9.17, 15) is 0 Å². The van der Waals surface area contributed by atoms with Gasteiger partial charge in [0.1, 0.15) is 0 Å². The summed E-state index contributed by atoms with van der Waals surface area (Å²) >= 11 is 0. The van der Waals surface area contributed by atoms with Gasteiger partial charge in [0.2, 0.25) is 0 Å². The topological polar surface area (TPSA) is 0 Å². The van der Waals surface area contributed by atoms with Gasteiger partial charge < -0.3 is 0 Å². The monoisotopic (exact) mass is 204 g/mol. The van der Waals surface area contributed by atoms with Crippen molar-refractivity contribution in [3.63, 3.8) is 0 Å². The Hall–Kier alpha value is -0.520. The van der Waals surface area contributed by atoms with E-state index in [-0.39, 0.29) is 0 Å². The van der Waals surface area contributed by atoms with Gasteiger partial charge in [-0.05, 0) is 63.7 Å². The smallest absolute Gasteiger partial charge is 0.0286 e. The SMILES string of the molecule is C1=CCCCC1.CCC1=C2CCC(C1)C2. The van der Waals surface area contributed by atoms with E-state index in [1.165, 1.54) is 57.8 Å². The molecule has 1 atom stereocenters. The first-order chi connectivity index (χ1) is 7.40. The van der Waals surface area contributed by atoms with Crippen molar-refractivity contribution in [2.24, 2.45) is 5.92 Å². The molecule has 0 radical (unpaired) electrons. The van der Waals surface area contributed by atoms with Crippen LogP contribution < -0.4 is 0 Å². The highest BCUT2D eigenvalue weighted by atomic mass is 14.3. The summed E-state index contributed by atoms with van der Waals surface area (Å²) in [6, 6.07) is 0. The van der Waals surface area contributed by atoms with E-state index in [4.69, 9.17) is 0 Å². The highest BCUT2D eigenvalue weighted by Gasteiger charge is 2.28. The molecule has 15 heavy (non-hydrogen) atoms. The van der Waals surface area contributed by atoms with E-state index in [0.717, 1.165) is 5.92 Å². The zero-order valence-corrected chi connectivity index (χ0v) is 10.1. The molecule has 84 valence electrons. The fraction of sp³-hybridized carbons (Fsp3) is 0.733. The van der Waals surface area contributed by atoms with E-state index < -0.39 is 0 Å². The molecule has 3 rings (SSSR count). The molecule has 0 aliphatic heterocycles. The predicted molar refractivity (Wildman–Crippen MR) is 66.9 cm³/mol. The lowest BCUT2D eigenvalue weighted by atomic mass is 9.98. The molecule has 0 aromatic rings. The van der Waals surface area contributed by atoms with E-state index in [2.05, 4.69) is 19.1 Å². The van der Waals surface area contributed by atoms with Gasteiger partial charge in [0.15, 0.2) is 0 Å². The van der Waals surface area contributed by atoms with E-state index in [0.29, 0.717) is 0 Å². The summed E-state index contributed by atoms with van der Waals surface area (Å²) in [7, 11) is 0. The van der Waals surface area contributed by atoms with Gasteiger partial charge in [-0.15, -0.1) is 0 Å². The van der Waals surface area contributed by atoms with Crippen LogP contribution in [0.4, 0.5) is 0 Å². The van der Waals surface area contributed by atoms with Crippen LogP contribution in [-0.4, -0.2) is 0 Å². The molecule has 0 aromatic heterocycles. The third-order valence-corrected chi connectivity index (χ3v) is 4.01. The molecule has 0 N–H and O–H groups in total. The summed E-state index contributed by atoms with van der Waals surface area (Å²) in [6.07, 6.45) is 17.2. The molecule has 2 bridgehead atoms. The summed E-state index contributed by atoms with van der Waals surface area (Å²) in [5.41, 5.74) is 3.62. The maximum atomic E-state index is 2.29. The van der Waals surface area contributed by atoms with Crippen LogP contribution in [-0.2, 0) is 0 Å². The molecular weight excluding hydrogens is 180 g/mol. The van der Waals surface area contributed by atoms with Crippen LogP contribution in [0.1, 0.15) is 64.7 Å². The molecule has 0 aromatic carbocycles. The quantitative estimate of drug-likeness (QED) is 0.526. The van der Waals surface area contributed by atoms with Crippen LogP contribution in [0.25, 0.3) is 0 Å². The molecule has 3 aliphatic rings. The Morgan fingerprint density at radius 3 is 2.13 bits per heavy atom. The second-order valence-electron chi connectivity index (χ2n) is 5.13. The fourth-order valence-corrected chi connectivity index (χ4v) is 3.07. The van der Waals surface area contributed by atoms with Gasteiger partial charge in [0, 0.05) is 0 Å². The molecule has 1 unspecified atom stereocenters. The van der Waals surface area contributed by atoms with Crippen molar-refractivity contribution >= 4 is 0 Å². The van der Waals surface area contributed by atoms with Crippen LogP contribution in [0.3, 0.4) is 0 Å². The van der Waals surface area contributed by atoms with Gasteiger partial charge in [-0.3, -0.25) is 0 Å². The van der Waals surface area contributed by atoms with E-state index >= 15 is 0 Å². The number of allylic oxidation sites excluding steroid dienone is 4. The van der Waals surface area contributed by atoms with Gasteiger partial charge >= 0.3 is 0 Å². The number of hydrogen-bond acceptors (Lipinski definition) is 0. The third kappa shape index (κ3) is 2.96. The molecule has 1 saturated carbocycles. The predicted octanol–water partition coefficient (Wildman–Crippen LogP) is 5.01. The Kier molecular flexibility index (Phi) is 4.05. The molecule has 0 spiro atoms. The van der Waals surface area contributed by atoms with E-state index in [1.54, 1.807) is 5.57 Å². The second kappa shape index (κ2) is 5.53. The summed E-state index contributed by atoms with van der Waals surface area (Å²) in [5, 5.41) is 0. The molecule has 0 amide bonds. The molecule has 3 aliphatic carbocycles. The zero-order chi connectivity index (χ0) is 10.5. The van der Waals surface area contributed by atoms with Crippen LogP contribution in [0.15, 0.2) is 23.3 Å². The fourth-order valence-electron chi connectivity index (χ4n) is 3.07. The van der Waals surface area contributed by atoms with Crippen molar-refractivity contribution < 1.29 is 0 Å². The third-order valence-electron chi connectivity index (χ3n) is 4.01. The molecule has 0 heteroatoms. The maximum Gasteiger partial charge on any atom is -0.0286 e. The lowest BCUT2D eigenvalue weighted by Crippen LogP contribution is -1.92. The van der Waals surface area contributed by atoms with Crippen molar-refractivity contribution in [3.8, 4) is 0 Å². The normalized spacial score (nSPS) is 27.9. The van der Waals surface area contributed by atoms with E-state index in [1.807, 2.05) is 5.57 Å². The van der Waals surface area contributed by atoms with Crippen LogP contribution >= 0.6 is 0 Å². The first-order valence-corrected chi connectivity index (χ1v) is 6.75. The maximum absolute atomic E-state index is 2.29. The highest BCUT2D eigenvalue weighted by Crippen LogP contribution is 2.44. The summed E-state index contributed by atoms with van der Waals surface area (Å²) < 4.78 is 0. The molecular formula is C15H24. The average Bonchev–Trinajstić information content (AvgIpc) is 2.93. The number of fused-ring (bicyclic) bond motifs is 2.